The Bertz CT molecular complexity index is 281. The lowest BCUT2D eigenvalue weighted by Gasteiger charge is -2.16. The molecule has 0 N–H and O–H groups in total. The molecule has 0 atom stereocenters. The van der Waals surface area contributed by atoms with Gasteiger partial charge in [0.25, 0.3) is 0 Å². The van der Waals surface area contributed by atoms with E-state index in [2.05, 4.69) is 32.1 Å². The van der Waals surface area contributed by atoms with E-state index in [-0.39, 0.29) is 24.4 Å². The molecule has 0 unspecified atom stereocenters. The highest BCUT2D eigenvalue weighted by Crippen LogP contribution is 2.19. The van der Waals surface area contributed by atoms with Crippen LogP contribution in [0.1, 0.15) is 27.2 Å². The smallest absolute Gasteiger partial charge is 0.330 e. The number of rotatable bonds is 8. The second kappa shape index (κ2) is 9.03. The van der Waals surface area contributed by atoms with Gasteiger partial charge in [-0.25, -0.2) is 4.79 Å². The molecule has 0 aliphatic carbocycles. The van der Waals surface area contributed by atoms with Gasteiger partial charge in [-0.2, -0.15) is 11.8 Å². The van der Waals surface area contributed by atoms with Crippen molar-refractivity contribution in [2.45, 2.75) is 27.2 Å². The summed E-state index contributed by atoms with van der Waals surface area (Å²) in [5.41, 5.74) is 0.285. The normalized spacial score (nSPS) is 10.8. The summed E-state index contributed by atoms with van der Waals surface area (Å²) in [6.07, 6.45) is 1.15. The molecule has 0 aromatic heterocycles. The largest absolute Gasteiger partial charge is 0.465 e. The number of ether oxygens (including phenoxy) is 2. The van der Waals surface area contributed by atoms with Crippen LogP contribution in [-0.4, -0.2) is 36.7 Å². The second-order valence-corrected chi connectivity index (χ2v) is 6.06. The molecule has 104 valence electrons. The quantitative estimate of drug-likeness (QED) is 0.386. The van der Waals surface area contributed by atoms with Crippen LogP contribution >= 0.6 is 11.8 Å². The lowest BCUT2D eigenvalue weighted by atomic mass is 10.0. The number of carbonyl (C=O) groups excluding carboxylic acids is 2. The Balaban J connectivity index is 3.43. The minimum atomic E-state index is -0.525. The Labute approximate surface area is 113 Å². The molecule has 0 saturated heterocycles. The highest BCUT2D eigenvalue weighted by atomic mass is 32.2. The van der Waals surface area contributed by atoms with Gasteiger partial charge in [0.15, 0.2) is 0 Å². The van der Waals surface area contributed by atoms with Gasteiger partial charge in [-0.1, -0.05) is 27.4 Å². The minimum Gasteiger partial charge on any atom is -0.465 e. The lowest BCUT2D eigenvalue weighted by molar-refractivity contribution is -0.146. The molecule has 0 rings (SSSR count). The van der Waals surface area contributed by atoms with E-state index in [0.29, 0.717) is 6.61 Å². The molecule has 0 aromatic rings. The molecule has 18 heavy (non-hydrogen) atoms. The number of hydrogen-bond acceptors (Lipinski definition) is 5. The fourth-order valence-corrected chi connectivity index (χ4v) is 1.92. The van der Waals surface area contributed by atoms with Gasteiger partial charge in [0, 0.05) is 11.8 Å². The Kier molecular flexibility index (Phi) is 8.54. The first-order valence-electron chi connectivity index (χ1n) is 5.88. The van der Waals surface area contributed by atoms with Gasteiger partial charge in [0.1, 0.15) is 13.2 Å². The highest BCUT2D eigenvalue weighted by molar-refractivity contribution is 7.99. The summed E-state index contributed by atoms with van der Waals surface area (Å²) in [4.78, 5) is 21.9. The summed E-state index contributed by atoms with van der Waals surface area (Å²) >= 11 is 1.76. The van der Waals surface area contributed by atoms with Gasteiger partial charge in [-0.05, 0) is 11.2 Å². The molecule has 0 heterocycles. The predicted molar refractivity (Wildman–Crippen MR) is 73.5 cm³/mol. The maximum absolute atomic E-state index is 11.2. The van der Waals surface area contributed by atoms with Crippen LogP contribution in [-0.2, 0) is 19.1 Å². The zero-order valence-corrected chi connectivity index (χ0v) is 12.2. The average molecular weight is 274 g/mol. The summed E-state index contributed by atoms with van der Waals surface area (Å²) < 4.78 is 9.67. The fraction of sp³-hybridized carbons (Fsp3) is 0.692. The number of hydrogen-bond donors (Lipinski definition) is 0. The standard InChI is InChI=1S/C13H22O4S/c1-5-11(14)16-7-6-12(15)17-8-9-18-10-13(2,3)4/h5H,1,6-10H2,2-4H3. The van der Waals surface area contributed by atoms with Gasteiger partial charge >= 0.3 is 11.9 Å². The maximum atomic E-state index is 11.2. The van der Waals surface area contributed by atoms with Crippen LogP contribution in [0.3, 0.4) is 0 Å². The van der Waals surface area contributed by atoms with Crippen LogP contribution in [0, 0.1) is 5.41 Å². The van der Waals surface area contributed by atoms with Crippen molar-refractivity contribution in [1.29, 1.82) is 0 Å². The Hall–Kier alpha value is -0.970. The summed E-state index contributed by atoms with van der Waals surface area (Å²) in [6.45, 7) is 10.2. The molecule has 0 saturated carbocycles. The van der Waals surface area contributed by atoms with E-state index in [1.807, 2.05) is 0 Å². The third-order valence-electron chi connectivity index (χ3n) is 1.74. The van der Waals surface area contributed by atoms with E-state index < -0.39 is 5.97 Å². The Morgan fingerprint density at radius 1 is 1.22 bits per heavy atom. The fourth-order valence-electron chi connectivity index (χ4n) is 0.959. The molecule has 0 aromatic carbocycles. The monoisotopic (exact) mass is 274 g/mol. The van der Waals surface area contributed by atoms with Crippen molar-refractivity contribution in [3.8, 4) is 0 Å². The van der Waals surface area contributed by atoms with Crippen molar-refractivity contribution in [2.75, 3.05) is 24.7 Å². The van der Waals surface area contributed by atoms with Gasteiger partial charge in [0.2, 0.25) is 0 Å². The van der Waals surface area contributed by atoms with Crippen LogP contribution in [0.25, 0.3) is 0 Å². The van der Waals surface area contributed by atoms with Crippen molar-refractivity contribution in [1.82, 2.24) is 0 Å². The number of thioether (sulfide) groups is 1. The van der Waals surface area contributed by atoms with Gasteiger partial charge in [0.05, 0.1) is 6.42 Å². The maximum Gasteiger partial charge on any atom is 0.330 e. The van der Waals surface area contributed by atoms with Crippen LogP contribution in [0.2, 0.25) is 0 Å². The van der Waals surface area contributed by atoms with Crippen LogP contribution < -0.4 is 0 Å². The van der Waals surface area contributed by atoms with Crippen LogP contribution in [0.15, 0.2) is 12.7 Å². The van der Waals surface area contributed by atoms with Gasteiger partial charge in [-0.15, -0.1) is 0 Å². The van der Waals surface area contributed by atoms with Crippen molar-refractivity contribution >= 4 is 23.7 Å². The molecule has 4 nitrogen and oxygen atoms in total. The van der Waals surface area contributed by atoms with Crippen molar-refractivity contribution < 1.29 is 19.1 Å². The molecule has 0 aliphatic heterocycles. The first kappa shape index (κ1) is 17.0. The van der Waals surface area contributed by atoms with Gasteiger partial charge in [-0.3, -0.25) is 4.79 Å². The van der Waals surface area contributed by atoms with E-state index in [0.717, 1.165) is 17.6 Å². The topological polar surface area (TPSA) is 52.6 Å². The van der Waals surface area contributed by atoms with E-state index in [4.69, 9.17) is 4.74 Å². The van der Waals surface area contributed by atoms with E-state index >= 15 is 0 Å². The van der Waals surface area contributed by atoms with Crippen LogP contribution in [0.5, 0.6) is 0 Å². The SMILES string of the molecule is C=CC(=O)OCCC(=O)OCCSCC(C)(C)C. The molecular weight excluding hydrogens is 252 g/mol. The van der Waals surface area contributed by atoms with Crippen molar-refractivity contribution in [2.24, 2.45) is 5.41 Å². The second-order valence-electron chi connectivity index (χ2n) is 4.96. The zero-order chi connectivity index (χ0) is 14.0. The van der Waals surface area contributed by atoms with Crippen molar-refractivity contribution in [3.63, 3.8) is 0 Å². The van der Waals surface area contributed by atoms with Gasteiger partial charge < -0.3 is 9.47 Å². The van der Waals surface area contributed by atoms with Crippen molar-refractivity contribution in [3.05, 3.63) is 12.7 Å². The minimum absolute atomic E-state index is 0.0405. The zero-order valence-electron chi connectivity index (χ0n) is 11.4. The molecule has 0 amide bonds. The summed E-state index contributed by atoms with van der Waals surface area (Å²) in [5.74, 6) is 0.948. The Morgan fingerprint density at radius 3 is 2.44 bits per heavy atom. The first-order chi connectivity index (χ1) is 8.35. The molecule has 0 fully saturated rings. The van der Waals surface area contributed by atoms with E-state index in [1.54, 1.807) is 11.8 Å². The molecular formula is C13H22O4S. The summed E-state index contributed by atoms with van der Waals surface area (Å²) in [5, 5.41) is 0. The molecule has 0 spiro atoms. The number of carbonyl (C=O) groups is 2. The highest BCUT2D eigenvalue weighted by Gasteiger charge is 2.10. The molecule has 0 bridgehead atoms. The van der Waals surface area contributed by atoms with E-state index in [9.17, 15) is 9.59 Å². The third-order valence-corrected chi connectivity index (χ3v) is 3.27. The average Bonchev–Trinajstić information content (AvgIpc) is 2.26. The number of esters is 2. The molecule has 0 radical (unpaired) electrons. The molecule has 0 aliphatic rings. The Morgan fingerprint density at radius 2 is 1.89 bits per heavy atom. The summed E-state index contributed by atoms with van der Waals surface area (Å²) in [7, 11) is 0. The third kappa shape index (κ3) is 11.5. The van der Waals surface area contributed by atoms with E-state index in [1.165, 1.54) is 0 Å². The summed E-state index contributed by atoms with van der Waals surface area (Å²) in [6, 6.07) is 0. The lowest BCUT2D eigenvalue weighted by Crippen LogP contribution is -2.13. The molecule has 5 heteroatoms. The predicted octanol–water partition coefficient (Wildman–Crippen LogP) is 2.43. The van der Waals surface area contributed by atoms with Crippen LogP contribution in [0.4, 0.5) is 0 Å². The first-order valence-corrected chi connectivity index (χ1v) is 7.03.